The SMILES string of the molecule is Cc1ccc(C)n1-c1c(C(=O)NC2CCC(CO)CC2)cnn1C. The molecule has 24 heavy (non-hydrogen) atoms. The molecular weight excluding hydrogens is 304 g/mol. The van der Waals surface area contributed by atoms with E-state index in [1.807, 2.05) is 33.0 Å². The summed E-state index contributed by atoms with van der Waals surface area (Å²) in [7, 11) is 1.86. The number of aliphatic hydroxyl groups is 1. The lowest BCUT2D eigenvalue weighted by atomic mass is 9.86. The van der Waals surface area contributed by atoms with E-state index in [0.29, 0.717) is 11.5 Å². The number of aliphatic hydroxyl groups excluding tert-OH is 1. The molecule has 0 aliphatic heterocycles. The fourth-order valence-corrected chi connectivity index (χ4v) is 3.61. The van der Waals surface area contributed by atoms with E-state index in [4.69, 9.17) is 0 Å². The monoisotopic (exact) mass is 330 g/mol. The smallest absolute Gasteiger partial charge is 0.256 e. The third kappa shape index (κ3) is 3.11. The van der Waals surface area contributed by atoms with Gasteiger partial charge in [0.2, 0.25) is 0 Å². The Hall–Kier alpha value is -2.08. The molecule has 2 aromatic heterocycles. The number of amides is 1. The first-order valence-electron chi connectivity index (χ1n) is 8.60. The van der Waals surface area contributed by atoms with Gasteiger partial charge in [-0.25, -0.2) is 0 Å². The molecule has 0 radical (unpaired) electrons. The predicted molar refractivity (Wildman–Crippen MR) is 92.3 cm³/mol. The predicted octanol–water partition coefficient (Wildman–Crippen LogP) is 2.11. The lowest BCUT2D eigenvalue weighted by molar-refractivity contribution is 0.0914. The molecule has 1 fully saturated rings. The minimum Gasteiger partial charge on any atom is -0.396 e. The van der Waals surface area contributed by atoms with Gasteiger partial charge in [0, 0.05) is 31.1 Å². The molecule has 0 unspecified atom stereocenters. The van der Waals surface area contributed by atoms with Crippen molar-refractivity contribution in [2.24, 2.45) is 13.0 Å². The average Bonchev–Trinajstić information content (AvgIpc) is 3.10. The Bertz CT molecular complexity index is 704. The first-order valence-corrected chi connectivity index (χ1v) is 8.60. The van der Waals surface area contributed by atoms with Crippen LogP contribution in [0.2, 0.25) is 0 Å². The van der Waals surface area contributed by atoms with Gasteiger partial charge in [-0.2, -0.15) is 5.10 Å². The Morgan fingerprint density at radius 3 is 2.46 bits per heavy atom. The maximum atomic E-state index is 12.8. The molecule has 2 aromatic rings. The van der Waals surface area contributed by atoms with Gasteiger partial charge in [0.1, 0.15) is 11.4 Å². The van der Waals surface area contributed by atoms with Crippen LogP contribution in [-0.4, -0.2) is 38.0 Å². The topological polar surface area (TPSA) is 72.1 Å². The molecule has 1 aliphatic carbocycles. The number of carbonyl (C=O) groups excluding carboxylic acids is 1. The summed E-state index contributed by atoms with van der Waals surface area (Å²) in [5, 5.41) is 16.7. The molecule has 6 nitrogen and oxygen atoms in total. The second kappa shape index (κ2) is 6.81. The van der Waals surface area contributed by atoms with E-state index in [0.717, 1.165) is 42.9 Å². The lowest BCUT2D eigenvalue weighted by Gasteiger charge is -2.28. The van der Waals surface area contributed by atoms with Crippen LogP contribution in [0.4, 0.5) is 0 Å². The summed E-state index contributed by atoms with van der Waals surface area (Å²) >= 11 is 0. The Labute approximate surface area is 142 Å². The fourth-order valence-electron chi connectivity index (χ4n) is 3.61. The highest BCUT2D eigenvalue weighted by atomic mass is 16.3. The van der Waals surface area contributed by atoms with Crippen molar-refractivity contribution in [3.05, 3.63) is 35.3 Å². The minimum absolute atomic E-state index is 0.0713. The summed E-state index contributed by atoms with van der Waals surface area (Å²) in [6.45, 7) is 4.30. The Morgan fingerprint density at radius 2 is 1.88 bits per heavy atom. The van der Waals surface area contributed by atoms with Crippen molar-refractivity contribution in [3.8, 4) is 5.82 Å². The molecule has 0 aromatic carbocycles. The van der Waals surface area contributed by atoms with Crippen LogP contribution in [-0.2, 0) is 7.05 Å². The average molecular weight is 330 g/mol. The van der Waals surface area contributed by atoms with Crippen molar-refractivity contribution < 1.29 is 9.90 Å². The van der Waals surface area contributed by atoms with Gasteiger partial charge in [0.25, 0.3) is 5.91 Å². The van der Waals surface area contributed by atoms with Gasteiger partial charge in [0.05, 0.1) is 6.20 Å². The molecule has 0 bridgehead atoms. The molecule has 6 heteroatoms. The van der Waals surface area contributed by atoms with Crippen LogP contribution in [0.25, 0.3) is 5.82 Å². The summed E-state index contributed by atoms with van der Waals surface area (Å²) in [6.07, 6.45) is 5.43. The van der Waals surface area contributed by atoms with E-state index in [1.165, 1.54) is 0 Å². The quantitative estimate of drug-likeness (QED) is 0.902. The third-order valence-electron chi connectivity index (χ3n) is 5.08. The van der Waals surface area contributed by atoms with Gasteiger partial charge in [0.15, 0.2) is 0 Å². The van der Waals surface area contributed by atoms with Gasteiger partial charge < -0.3 is 15.0 Å². The van der Waals surface area contributed by atoms with Crippen LogP contribution in [0.15, 0.2) is 18.3 Å². The molecule has 3 rings (SSSR count). The van der Waals surface area contributed by atoms with Crippen molar-refractivity contribution in [2.75, 3.05) is 6.61 Å². The number of hydrogen-bond acceptors (Lipinski definition) is 3. The number of aryl methyl sites for hydroxylation is 3. The molecule has 1 saturated carbocycles. The van der Waals surface area contributed by atoms with Crippen molar-refractivity contribution >= 4 is 5.91 Å². The van der Waals surface area contributed by atoms with E-state index < -0.39 is 0 Å². The highest BCUT2D eigenvalue weighted by Crippen LogP contribution is 2.25. The maximum absolute atomic E-state index is 12.8. The van der Waals surface area contributed by atoms with Crippen LogP contribution in [0.1, 0.15) is 47.4 Å². The van der Waals surface area contributed by atoms with Crippen molar-refractivity contribution in [2.45, 2.75) is 45.6 Å². The van der Waals surface area contributed by atoms with E-state index in [-0.39, 0.29) is 18.6 Å². The van der Waals surface area contributed by atoms with Crippen LogP contribution in [0.3, 0.4) is 0 Å². The zero-order valence-corrected chi connectivity index (χ0v) is 14.6. The van der Waals surface area contributed by atoms with Crippen LogP contribution in [0.5, 0.6) is 0 Å². The van der Waals surface area contributed by atoms with E-state index in [2.05, 4.69) is 15.0 Å². The summed E-state index contributed by atoms with van der Waals surface area (Å²) in [5.74, 6) is 1.12. The molecule has 1 amide bonds. The van der Waals surface area contributed by atoms with Crippen LogP contribution in [0, 0.1) is 19.8 Å². The zero-order chi connectivity index (χ0) is 17.3. The summed E-state index contributed by atoms with van der Waals surface area (Å²) in [4.78, 5) is 12.8. The third-order valence-corrected chi connectivity index (χ3v) is 5.08. The molecule has 2 N–H and O–H groups in total. The second-order valence-corrected chi connectivity index (χ2v) is 6.83. The van der Waals surface area contributed by atoms with Crippen LogP contribution >= 0.6 is 0 Å². The van der Waals surface area contributed by atoms with Gasteiger partial charge in [-0.1, -0.05) is 0 Å². The van der Waals surface area contributed by atoms with Gasteiger partial charge in [-0.3, -0.25) is 9.48 Å². The molecule has 2 heterocycles. The van der Waals surface area contributed by atoms with Gasteiger partial charge in [-0.15, -0.1) is 0 Å². The van der Waals surface area contributed by atoms with Gasteiger partial charge >= 0.3 is 0 Å². The number of rotatable bonds is 4. The van der Waals surface area contributed by atoms with Crippen molar-refractivity contribution in [1.29, 1.82) is 0 Å². The molecule has 1 aliphatic rings. The lowest BCUT2D eigenvalue weighted by Crippen LogP contribution is -2.38. The van der Waals surface area contributed by atoms with E-state index in [9.17, 15) is 9.90 Å². The van der Waals surface area contributed by atoms with Gasteiger partial charge in [-0.05, 0) is 57.6 Å². The van der Waals surface area contributed by atoms with Crippen LogP contribution < -0.4 is 5.32 Å². The number of hydrogen-bond donors (Lipinski definition) is 2. The molecule has 0 atom stereocenters. The zero-order valence-electron chi connectivity index (χ0n) is 14.6. The van der Waals surface area contributed by atoms with Crippen molar-refractivity contribution in [1.82, 2.24) is 19.7 Å². The van der Waals surface area contributed by atoms with E-state index >= 15 is 0 Å². The standard InChI is InChI=1S/C18H26N4O2/c1-12-4-5-13(2)22(12)18-16(10-19-21(18)3)17(24)20-15-8-6-14(11-23)7-9-15/h4-5,10,14-15,23H,6-9,11H2,1-3H3,(H,20,24). The number of nitrogens with zero attached hydrogens (tertiary/aromatic N) is 3. The number of nitrogens with one attached hydrogen (secondary N) is 1. The maximum Gasteiger partial charge on any atom is 0.256 e. The highest BCUT2D eigenvalue weighted by molar-refractivity contribution is 5.97. The summed E-state index contributed by atoms with van der Waals surface area (Å²) < 4.78 is 3.81. The summed E-state index contributed by atoms with van der Waals surface area (Å²) in [6, 6.07) is 4.26. The molecule has 130 valence electrons. The first-order chi connectivity index (χ1) is 11.5. The molecular formula is C18H26N4O2. The Balaban J connectivity index is 1.80. The second-order valence-electron chi connectivity index (χ2n) is 6.83. The largest absolute Gasteiger partial charge is 0.396 e. The Morgan fingerprint density at radius 1 is 1.25 bits per heavy atom. The minimum atomic E-state index is -0.0713. The number of aromatic nitrogens is 3. The normalized spacial score (nSPS) is 21.0. The first kappa shape index (κ1) is 16.8. The Kier molecular flexibility index (Phi) is 4.76. The fraction of sp³-hybridized carbons (Fsp3) is 0.556. The highest BCUT2D eigenvalue weighted by Gasteiger charge is 2.25. The van der Waals surface area contributed by atoms with E-state index in [1.54, 1.807) is 10.9 Å². The van der Waals surface area contributed by atoms with Crippen molar-refractivity contribution in [3.63, 3.8) is 0 Å². The molecule has 0 spiro atoms. The number of carbonyl (C=O) groups is 1. The summed E-state index contributed by atoms with van der Waals surface area (Å²) in [5.41, 5.74) is 2.76. The molecule has 0 saturated heterocycles.